The van der Waals surface area contributed by atoms with E-state index in [0.29, 0.717) is 6.07 Å². The molecule has 0 aliphatic heterocycles. The van der Waals surface area contributed by atoms with Gasteiger partial charge in [-0.3, -0.25) is 9.59 Å². The summed E-state index contributed by atoms with van der Waals surface area (Å²) >= 11 is 0. The lowest BCUT2D eigenvalue weighted by molar-refractivity contribution is -0.167. The highest BCUT2D eigenvalue weighted by atomic mass is 19.4. The average molecular weight is 434 g/mol. The Bertz CT molecular complexity index is 956. The van der Waals surface area contributed by atoms with Crippen LogP contribution in [0.5, 0.6) is 0 Å². The number of carbonyl (C=O) groups excluding carboxylic acids is 3. The normalized spacial score (nSPS) is 11.5. The lowest BCUT2D eigenvalue weighted by Crippen LogP contribution is -2.30. The van der Waals surface area contributed by atoms with Crippen LogP contribution in [-0.4, -0.2) is 30.6 Å². The van der Waals surface area contributed by atoms with Crippen molar-refractivity contribution >= 4 is 29.2 Å². The van der Waals surface area contributed by atoms with Gasteiger partial charge in [-0.15, -0.1) is 0 Å². The van der Waals surface area contributed by atoms with E-state index in [4.69, 9.17) is 0 Å². The van der Waals surface area contributed by atoms with E-state index in [1.807, 2.05) is 0 Å². The van der Waals surface area contributed by atoms with Crippen LogP contribution in [0.3, 0.4) is 0 Å². The Morgan fingerprint density at radius 3 is 2.03 bits per heavy atom. The third kappa shape index (κ3) is 6.50. The molecule has 2 aromatic carbocycles. The third-order valence-electron chi connectivity index (χ3n) is 3.42. The number of hydrogen-bond acceptors (Lipinski definition) is 4. The molecule has 0 aliphatic carbocycles. The SMILES string of the molecule is O=C(COC(=O)c1cccc(NC(=O)C(F)(F)F)c1)Nc1cccc(C(F)(F)F)c1. The van der Waals surface area contributed by atoms with Crippen molar-refractivity contribution in [2.45, 2.75) is 12.4 Å². The molecule has 2 amide bonds. The first-order valence-corrected chi connectivity index (χ1v) is 7.99. The molecule has 0 heterocycles. The first-order valence-electron chi connectivity index (χ1n) is 7.99. The van der Waals surface area contributed by atoms with Gasteiger partial charge in [0.25, 0.3) is 5.91 Å². The fourth-order valence-electron chi connectivity index (χ4n) is 2.11. The number of nitrogens with one attached hydrogen (secondary N) is 2. The van der Waals surface area contributed by atoms with E-state index < -0.39 is 42.3 Å². The van der Waals surface area contributed by atoms with Gasteiger partial charge in [0.05, 0.1) is 11.1 Å². The van der Waals surface area contributed by atoms with Crippen molar-refractivity contribution in [3.8, 4) is 0 Å². The van der Waals surface area contributed by atoms with Gasteiger partial charge in [0.1, 0.15) is 0 Å². The summed E-state index contributed by atoms with van der Waals surface area (Å²) in [6, 6.07) is 8.10. The quantitative estimate of drug-likeness (QED) is 0.551. The first kappa shape index (κ1) is 22.7. The molecule has 0 saturated heterocycles. The van der Waals surface area contributed by atoms with Gasteiger partial charge in [-0.25, -0.2) is 4.79 Å². The third-order valence-corrected chi connectivity index (χ3v) is 3.42. The van der Waals surface area contributed by atoms with E-state index in [1.165, 1.54) is 12.1 Å². The number of anilines is 2. The predicted octanol–water partition coefficient (Wildman–Crippen LogP) is 4.00. The molecular formula is C18H12F6N2O4. The largest absolute Gasteiger partial charge is 0.471 e. The Kier molecular flexibility index (Phi) is 6.70. The predicted molar refractivity (Wildman–Crippen MR) is 91.5 cm³/mol. The fraction of sp³-hybridized carbons (Fsp3) is 0.167. The molecule has 0 aromatic heterocycles. The van der Waals surface area contributed by atoms with Crippen molar-refractivity contribution < 1.29 is 45.5 Å². The van der Waals surface area contributed by atoms with Crippen LogP contribution in [0, 0.1) is 0 Å². The molecule has 0 radical (unpaired) electrons. The van der Waals surface area contributed by atoms with E-state index >= 15 is 0 Å². The maximum absolute atomic E-state index is 12.7. The van der Waals surface area contributed by atoms with E-state index in [2.05, 4.69) is 10.1 Å². The topological polar surface area (TPSA) is 84.5 Å². The summed E-state index contributed by atoms with van der Waals surface area (Å²) in [5.41, 5.74) is -1.76. The van der Waals surface area contributed by atoms with Gasteiger partial charge in [0.15, 0.2) is 6.61 Å². The number of amides is 2. The van der Waals surface area contributed by atoms with Gasteiger partial charge in [-0.05, 0) is 36.4 Å². The molecule has 0 aliphatic rings. The van der Waals surface area contributed by atoms with Crippen molar-refractivity contribution in [1.29, 1.82) is 0 Å². The smallest absolute Gasteiger partial charge is 0.452 e. The van der Waals surface area contributed by atoms with Crippen LogP contribution in [0.15, 0.2) is 48.5 Å². The van der Waals surface area contributed by atoms with E-state index in [1.54, 1.807) is 5.32 Å². The number of halogens is 6. The van der Waals surface area contributed by atoms with Crippen LogP contribution >= 0.6 is 0 Å². The minimum atomic E-state index is -5.13. The summed E-state index contributed by atoms with van der Waals surface area (Å²) in [4.78, 5) is 34.6. The molecule has 12 heteroatoms. The Labute approximate surface area is 164 Å². The number of carbonyl (C=O) groups is 3. The van der Waals surface area contributed by atoms with Crippen molar-refractivity contribution in [2.75, 3.05) is 17.2 Å². The zero-order valence-electron chi connectivity index (χ0n) is 14.7. The molecule has 0 unspecified atom stereocenters. The minimum Gasteiger partial charge on any atom is -0.452 e. The molecule has 30 heavy (non-hydrogen) atoms. The highest BCUT2D eigenvalue weighted by molar-refractivity contribution is 5.98. The van der Waals surface area contributed by atoms with Crippen LogP contribution < -0.4 is 10.6 Å². The van der Waals surface area contributed by atoms with Crippen LogP contribution in [-0.2, 0) is 20.5 Å². The Morgan fingerprint density at radius 2 is 1.43 bits per heavy atom. The number of esters is 1. The molecular weight excluding hydrogens is 422 g/mol. The Hall–Kier alpha value is -3.57. The van der Waals surface area contributed by atoms with Crippen molar-refractivity contribution in [2.24, 2.45) is 0 Å². The van der Waals surface area contributed by atoms with Gasteiger partial charge in [0, 0.05) is 11.4 Å². The molecule has 0 fully saturated rings. The minimum absolute atomic E-state index is 0.178. The molecule has 2 aromatic rings. The summed E-state index contributed by atoms with van der Waals surface area (Å²) in [5, 5.41) is 3.67. The Balaban J connectivity index is 1.95. The van der Waals surface area contributed by atoms with E-state index in [9.17, 15) is 40.7 Å². The van der Waals surface area contributed by atoms with Crippen LogP contribution in [0.25, 0.3) is 0 Å². The van der Waals surface area contributed by atoms with Gasteiger partial charge in [-0.2, -0.15) is 26.3 Å². The Morgan fingerprint density at radius 1 is 0.833 bits per heavy atom. The fourth-order valence-corrected chi connectivity index (χ4v) is 2.11. The molecule has 160 valence electrons. The van der Waals surface area contributed by atoms with Crippen LogP contribution in [0.1, 0.15) is 15.9 Å². The lowest BCUT2D eigenvalue weighted by atomic mass is 10.2. The standard InChI is InChI=1S/C18H12F6N2O4/c19-17(20,21)11-4-2-6-13(8-11)25-14(27)9-30-15(28)10-3-1-5-12(7-10)26-16(29)18(22,23)24/h1-8H,9H2,(H,25,27)(H,26,29). The maximum Gasteiger partial charge on any atom is 0.471 e. The van der Waals surface area contributed by atoms with Crippen LogP contribution in [0.2, 0.25) is 0 Å². The zero-order valence-corrected chi connectivity index (χ0v) is 14.7. The van der Waals surface area contributed by atoms with Crippen molar-refractivity contribution in [1.82, 2.24) is 0 Å². The number of rotatable bonds is 5. The molecule has 6 nitrogen and oxygen atoms in total. The number of benzene rings is 2. The molecule has 2 rings (SSSR count). The maximum atomic E-state index is 12.7. The molecule has 0 bridgehead atoms. The van der Waals surface area contributed by atoms with E-state index in [0.717, 1.165) is 30.3 Å². The molecule has 0 saturated carbocycles. The molecule has 2 N–H and O–H groups in total. The number of alkyl halides is 6. The second kappa shape index (κ2) is 8.84. The summed E-state index contributed by atoms with van der Waals surface area (Å²) in [5.74, 6) is -4.28. The summed E-state index contributed by atoms with van der Waals surface area (Å²) < 4.78 is 79.4. The average Bonchev–Trinajstić information content (AvgIpc) is 2.65. The van der Waals surface area contributed by atoms with Crippen molar-refractivity contribution in [3.63, 3.8) is 0 Å². The van der Waals surface area contributed by atoms with Gasteiger partial charge < -0.3 is 15.4 Å². The zero-order chi connectivity index (χ0) is 22.5. The number of hydrogen-bond donors (Lipinski definition) is 2. The highest BCUT2D eigenvalue weighted by Crippen LogP contribution is 2.30. The lowest BCUT2D eigenvalue weighted by Gasteiger charge is -2.11. The summed E-state index contributed by atoms with van der Waals surface area (Å²) in [6.07, 6.45) is -9.74. The van der Waals surface area contributed by atoms with E-state index in [-0.39, 0.29) is 16.9 Å². The van der Waals surface area contributed by atoms with Gasteiger partial charge in [0.2, 0.25) is 0 Å². The van der Waals surface area contributed by atoms with Gasteiger partial charge >= 0.3 is 24.2 Å². The summed E-state index contributed by atoms with van der Waals surface area (Å²) in [7, 11) is 0. The second-order valence-electron chi connectivity index (χ2n) is 5.74. The van der Waals surface area contributed by atoms with Gasteiger partial charge in [-0.1, -0.05) is 12.1 Å². The monoisotopic (exact) mass is 434 g/mol. The number of ether oxygens (including phenoxy) is 1. The van der Waals surface area contributed by atoms with Crippen LogP contribution in [0.4, 0.5) is 37.7 Å². The molecule has 0 spiro atoms. The first-order chi connectivity index (χ1) is 13.9. The molecule has 0 atom stereocenters. The highest BCUT2D eigenvalue weighted by Gasteiger charge is 2.38. The second-order valence-corrected chi connectivity index (χ2v) is 5.74. The summed E-state index contributed by atoms with van der Waals surface area (Å²) in [6.45, 7) is -0.867. The van der Waals surface area contributed by atoms with Crippen molar-refractivity contribution in [3.05, 3.63) is 59.7 Å².